The average Bonchev–Trinajstić information content (AvgIpc) is 2.83. The van der Waals surface area contributed by atoms with E-state index in [0.717, 1.165) is 37.5 Å². The van der Waals surface area contributed by atoms with Gasteiger partial charge in [-0.25, -0.2) is 0 Å². The van der Waals surface area contributed by atoms with E-state index in [9.17, 15) is 0 Å². The summed E-state index contributed by atoms with van der Waals surface area (Å²) in [6, 6.07) is 0. The summed E-state index contributed by atoms with van der Waals surface area (Å²) in [6.45, 7) is 16.3. The smallest absolute Gasteiger partial charge is 0.210 e. The summed E-state index contributed by atoms with van der Waals surface area (Å²) >= 11 is 0. The van der Waals surface area contributed by atoms with Crippen molar-refractivity contribution in [2.75, 3.05) is 6.61 Å². The molecule has 0 bridgehead atoms. The summed E-state index contributed by atoms with van der Waals surface area (Å²) in [4.78, 5) is 2.19. The number of ether oxygens (including phenoxy) is 1. The Balaban J connectivity index is 1.67. The molecular formula is C18H32N3O+. The van der Waals surface area contributed by atoms with Gasteiger partial charge in [-0.05, 0) is 56.2 Å². The maximum Gasteiger partial charge on any atom is 0.210 e. The molecule has 1 aromatic rings. The fourth-order valence-electron chi connectivity index (χ4n) is 3.88. The van der Waals surface area contributed by atoms with Crippen LogP contribution in [0.2, 0.25) is 0 Å². The fraction of sp³-hybridized carbons (Fsp3) is 0.889. The van der Waals surface area contributed by atoms with E-state index in [2.05, 4.69) is 62.3 Å². The SMILES string of the molecule is CC(C)(C)OCC1C2CCn3ncc(C(C)(C)C)[n+]3CCC21. The van der Waals surface area contributed by atoms with Gasteiger partial charge < -0.3 is 4.74 Å². The highest BCUT2D eigenvalue weighted by molar-refractivity contribution is 5.01. The molecule has 1 aromatic heterocycles. The number of aromatic nitrogens is 3. The van der Waals surface area contributed by atoms with E-state index in [1.165, 1.54) is 18.5 Å². The molecule has 4 heteroatoms. The fourth-order valence-corrected chi connectivity index (χ4v) is 3.88. The van der Waals surface area contributed by atoms with Crippen LogP contribution in [-0.4, -0.2) is 22.1 Å². The molecule has 1 fully saturated rings. The second kappa shape index (κ2) is 5.33. The van der Waals surface area contributed by atoms with Crippen molar-refractivity contribution in [3.05, 3.63) is 11.9 Å². The zero-order valence-corrected chi connectivity index (χ0v) is 15.1. The number of hydrogen-bond acceptors (Lipinski definition) is 2. The highest BCUT2D eigenvalue weighted by Crippen LogP contribution is 2.52. The van der Waals surface area contributed by atoms with Crippen molar-refractivity contribution in [2.24, 2.45) is 17.8 Å². The van der Waals surface area contributed by atoms with Gasteiger partial charge in [0.2, 0.25) is 6.20 Å². The lowest BCUT2D eigenvalue weighted by molar-refractivity contribution is -0.789. The lowest BCUT2D eigenvalue weighted by atomic mass is 9.92. The summed E-state index contributed by atoms with van der Waals surface area (Å²) in [7, 11) is 0. The van der Waals surface area contributed by atoms with Crippen molar-refractivity contribution in [3.63, 3.8) is 0 Å². The molecule has 1 aliphatic carbocycles. The van der Waals surface area contributed by atoms with E-state index < -0.39 is 0 Å². The van der Waals surface area contributed by atoms with Crippen LogP contribution in [0.25, 0.3) is 0 Å². The van der Waals surface area contributed by atoms with E-state index in [4.69, 9.17) is 4.74 Å². The third-order valence-corrected chi connectivity index (χ3v) is 5.19. The summed E-state index contributed by atoms with van der Waals surface area (Å²) in [5.74, 6) is 2.47. The molecule has 22 heavy (non-hydrogen) atoms. The third kappa shape index (κ3) is 3.22. The zero-order chi connectivity index (χ0) is 16.1. The molecule has 2 heterocycles. The number of fused-ring (bicyclic) bond motifs is 2. The maximum absolute atomic E-state index is 6.03. The Labute approximate surface area is 134 Å². The first-order valence-corrected chi connectivity index (χ1v) is 8.77. The molecule has 0 radical (unpaired) electrons. The minimum Gasteiger partial charge on any atom is -0.376 e. The first-order valence-electron chi connectivity index (χ1n) is 8.77. The molecule has 3 unspecified atom stereocenters. The predicted molar refractivity (Wildman–Crippen MR) is 86.5 cm³/mol. The van der Waals surface area contributed by atoms with Gasteiger partial charge >= 0.3 is 0 Å². The minimum absolute atomic E-state index is 0.0150. The van der Waals surface area contributed by atoms with Gasteiger partial charge in [0.25, 0.3) is 0 Å². The molecule has 0 spiro atoms. The van der Waals surface area contributed by atoms with Gasteiger partial charge in [0.05, 0.1) is 12.2 Å². The molecular weight excluding hydrogens is 274 g/mol. The Bertz CT molecular complexity index is 536. The van der Waals surface area contributed by atoms with Crippen LogP contribution >= 0.6 is 0 Å². The van der Waals surface area contributed by atoms with Gasteiger partial charge in [-0.2, -0.15) is 4.68 Å². The van der Waals surface area contributed by atoms with Gasteiger partial charge in [-0.3, -0.25) is 0 Å². The summed E-state index contributed by atoms with van der Waals surface area (Å²) in [5, 5.41) is 4.64. The Morgan fingerprint density at radius 1 is 1.18 bits per heavy atom. The minimum atomic E-state index is -0.0150. The molecule has 124 valence electrons. The van der Waals surface area contributed by atoms with Crippen molar-refractivity contribution in [3.8, 4) is 0 Å². The lowest BCUT2D eigenvalue weighted by Gasteiger charge is -2.19. The number of nitrogens with zero attached hydrogens (tertiary/aromatic N) is 3. The average molecular weight is 306 g/mol. The second-order valence-corrected chi connectivity index (χ2v) is 9.09. The quantitative estimate of drug-likeness (QED) is 0.787. The lowest BCUT2D eigenvalue weighted by Crippen LogP contribution is -2.50. The molecule has 0 amide bonds. The van der Waals surface area contributed by atoms with E-state index >= 15 is 0 Å². The van der Waals surface area contributed by atoms with Crippen LogP contribution in [0, 0.1) is 17.8 Å². The van der Waals surface area contributed by atoms with Crippen LogP contribution in [0.4, 0.5) is 0 Å². The largest absolute Gasteiger partial charge is 0.376 e. The molecule has 4 nitrogen and oxygen atoms in total. The number of hydrogen-bond donors (Lipinski definition) is 0. The van der Waals surface area contributed by atoms with Crippen molar-refractivity contribution in [1.82, 2.24) is 9.90 Å². The van der Waals surface area contributed by atoms with Crippen LogP contribution in [0.5, 0.6) is 0 Å². The standard InChI is InChI=1S/C18H32N3O/c1-17(2,3)16-11-19-21-10-8-14-13(7-9-20(16)21)15(14)12-22-18(4,5)6/h11,13-15H,7-10,12H2,1-6H3/q+1. The molecule has 3 rings (SSSR count). The van der Waals surface area contributed by atoms with Gasteiger partial charge in [0.15, 0.2) is 5.69 Å². The molecule has 1 aliphatic heterocycles. The molecule has 1 saturated carbocycles. The highest BCUT2D eigenvalue weighted by atomic mass is 16.5. The Morgan fingerprint density at radius 2 is 1.86 bits per heavy atom. The topological polar surface area (TPSA) is 30.9 Å². The normalized spacial score (nSPS) is 28.5. The van der Waals surface area contributed by atoms with E-state index in [1.807, 2.05) is 0 Å². The molecule has 0 N–H and O–H groups in total. The van der Waals surface area contributed by atoms with Crippen molar-refractivity contribution in [2.45, 2.75) is 78.5 Å². The van der Waals surface area contributed by atoms with Crippen molar-refractivity contribution >= 4 is 0 Å². The van der Waals surface area contributed by atoms with Gasteiger partial charge in [-0.15, -0.1) is 0 Å². The molecule has 3 atom stereocenters. The monoisotopic (exact) mass is 306 g/mol. The van der Waals surface area contributed by atoms with Gasteiger partial charge in [0.1, 0.15) is 13.1 Å². The Hall–Kier alpha value is -0.900. The first-order chi connectivity index (χ1) is 10.2. The van der Waals surface area contributed by atoms with Crippen LogP contribution < -0.4 is 4.68 Å². The predicted octanol–water partition coefficient (Wildman–Crippen LogP) is 2.94. The van der Waals surface area contributed by atoms with E-state index in [-0.39, 0.29) is 11.0 Å². The van der Waals surface area contributed by atoms with Crippen LogP contribution in [0.3, 0.4) is 0 Å². The number of rotatable bonds is 2. The van der Waals surface area contributed by atoms with Crippen LogP contribution in [0.1, 0.15) is 60.1 Å². The van der Waals surface area contributed by atoms with E-state index in [1.54, 1.807) is 0 Å². The van der Waals surface area contributed by atoms with Crippen molar-refractivity contribution in [1.29, 1.82) is 0 Å². The molecule has 2 aliphatic rings. The molecule has 0 aromatic carbocycles. The highest BCUT2D eigenvalue weighted by Gasteiger charge is 2.51. The van der Waals surface area contributed by atoms with Gasteiger partial charge in [-0.1, -0.05) is 20.8 Å². The Morgan fingerprint density at radius 3 is 2.50 bits per heavy atom. The zero-order valence-electron chi connectivity index (χ0n) is 15.1. The number of aryl methyl sites for hydroxylation is 1. The summed E-state index contributed by atoms with van der Waals surface area (Å²) in [6.07, 6.45) is 4.58. The summed E-state index contributed by atoms with van der Waals surface area (Å²) in [5.41, 5.74) is 1.50. The first kappa shape index (κ1) is 16.0. The molecule has 0 saturated heterocycles. The third-order valence-electron chi connectivity index (χ3n) is 5.19. The summed E-state index contributed by atoms with van der Waals surface area (Å²) < 4.78 is 8.45. The Kier molecular flexibility index (Phi) is 3.87. The van der Waals surface area contributed by atoms with Crippen LogP contribution in [0.15, 0.2) is 6.20 Å². The maximum atomic E-state index is 6.03. The van der Waals surface area contributed by atoms with E-state index in [0.29, 0.717) is 0 Å². The van der Waals surface area contributed by atoms with Gasteiger partial charge in [0, 0.05) is 10.5 Å². The second-order valence-electron chi connectivity index (χ2n) is 9.09. The van der Waals surface area contributed by atoms with Crippen LogP contribution in [-0.2, 0) is 23.2 Å². The van der Waals surface area contributed by atoms with Crippen molar-refractivity contribution < 1.29 is 9.42 Å².